The zero-order valence-corrected chi connectivity index (χ0v) is 24.9. The van der Waals surface area contributed by atoms with Crippen molar-refractivity contribution in [3.05, 3.63) is 58.3 Å². The largest absolute Gasteiger partial charge is 0.488 e. The molecule has 6 nitrogen and oxygen atoms in total. The number of nitrogens with zero attached hydrogens (tertiary/aromatic N) is 4. The second-order valence-electron chi connectivity index (χ2n) is 12.5. The van der Waals surface area contributed by atoms with Crippen molar-refractivity contribution in [2.45, 2.75) is 83.9 Å². The zero-order chi connectivity index (χ0) is 28.2. The molecular weight excluding hydrogens is 496 g/mol. The molecule has 2 heterocycles. The summed E-state index contributed by atoms with van der Waals surface area (Å²) >= 11 is 0. The molecule has 3 aliphatic rings. The molecule has 40 heavy (non-hydrogen) atoms. The molecule has 0 N–H and O–H groups in total. The van der Waals surface area contributed by atoms with Gasteiger partial charge in [0.15, 0.2) is 5.78 Å². The van der Waals surface area contributed by atoms with Gasteiger partial charge in [-0.15, -0.1) is 0 Å². The van der Waals surface area contributed by atoms with E-state index in [4.69, 9.17) is 4.74 Å². The molecule has 0 atom stereocenters. The molecule has 6 heteroatoms. The molecule has 0 unspecified atom stereocenters. The minimum Gasteiger partial charge on any atom is -0.488 e. The summed E-state index contributed by atoms with van der Waals surface area (Å²) < 4.78 is 8.91. The number of rotatable bonds is 8. The van der Waals surface area contributed by atoms with Crippen LogP contribution in [-0.4, -0.2) is 60.3 Å². The van der Waals surface area contributed by atoms with Gasteiger partial charge in [-0.3, -0.25) is 14.7 Å². The Kier molecular flexibility index (Phi) is 7.02. The molecule has 0 spiro atoms. The normalized spacial score (nSPS) is 19.1. The van der Waals surface area contributed by atoms with Crippen molar-refractivity contribution in [1.29, 1.82) is 0 Å². The maximum atomic E-state index is 14.3. The molecule has 0 bridgehead atoms. The maximum absolute atomic E-state index is 14.3. The molecule has 1 saturated carbocycles. The van der Waals surface area contributed by atoms with Crippen LogP contribution in [0.1, 0.15) is 92.5 Å². The summed E-state index contributed by atoms with van der Waals surface area (Å²) in [5, 5.41) is 1.01. The van der Waals surface area contributed by atoms with Crippen molar-refractivity contribution < 1.29 is 9.53 Å². The first-order valence-electron chi connectivity index (χ1n) is 15.2. The third-order valence-corrected chi connectivity index (χ3v) is 9.85. The Hall–Kier alpha value is -3.12. The number of piperazine rings is 1. The Balaban J connectivity index is 1.46. The molecule has 2 aromatic carbocycles. The number of hydrogen-bond donors (Lipinski definition) is 0. The Morgan fingerprint density at radius 2 is 1.80 bits per heavy atom. The summed E-state index contributed by atoms with van der Waals surface area (Å²) in [5.74, 6) is 0.956. The van der Waals surface area contributed by atoms with Gasteiger partial charge in [0, 0.05) is 66.8 Å². The molecular formula is C34H44N4O2. The van der Waals surface area contributed by atoms with Crippen LogP contribution >= 0.6 is 0 Å². The fourth-order valence-electron chi connectivity index (χ4n) is 7.26. The number of fused-ring (bicyclic) bond motifs is 4. The van der Waals surface area contributed by atoms with Crippen LogP contribution < -0.4 is 9.64 Å². The molecule has 1 aromatic heterocycles. The molecule has 1 aliphatic heterocycles. The van der Waals surface area contributed by atoms with E-state index in [2.05, 4.69) is 91.2 Å². The highest BCUT2D eigenvalue weighted by molar-refractivity contribution is 6.20. The van der Waals surface area contributed by atoms with Crippen molar-refractivity contribution in [3.63, 3.8) is 0 Å². The van der Waals surface area contributed by atoms with Crippen LogP contribution in [-0.2, 0) is 19.0 Å². The summed E-state index contributed by atoms with van der Waals surface area (Å²) in [6, 6.07) is 11.5. The van der Waals surface area contributed by atoms with Gasteiger partial charge in [-0.05, 0) is 61.7 Å². The topological polar surface area (TPSA) is 50.1 Å². The summed E-state index contributed by atoms with van der Waals surface area (Å²) in [6.07, 6.45) is 6.07. The van der Waals surface area contributed by atoms with Gasteiger partial charge < -0.3 is 14.2 Å². The Morgan fingerprint density at radius 1 is 1.07 bits per heavy atom. The number of hydrogen-bond acceptors (Lipinski definition) is 5. The van der Waals surface area contributed by atoms with Crippen LogP contribution in [0.5, 0.6) is 5.75 Å². The van der Waals surface area contributed by atoms with Crippen LogP contribution in [0.4, 0.5) is 5.69 Å². The van der Waals surface area contributed by atoms with E-state index in [1.807, 2.05) is 0 Å². The first-order valence-corrected chi connectivity index (χ1v) is 15.2. The summed E-state index contributed by atoms with van der Waals surface area (Å²) in [6.45, 7) is 17.3. The van der Waals surface area contributed by atoms with Gasteiger partial charge >= 0.3 is 0 Å². The Bertz CT molecular complexity index is 1450. The molecule has 3 aromatic rings. The molecule has 0 radical (unpaired) electrons. The van der Waals surface area contributed by atoms with Crippen molar-refractivity contribution >= 4 is 29.1 Å². The van der Waals surface area contributed by atoms with Gasteiger partial charge in [0.25, 0.3) is 0 Å². The van der Waals surface area contributed by atoms with Gasteiger partial charge in [0.05, 0.1) is 23.9 Å². The lowest BCUT2D eigenvalue weighted by atomic mass is 9.71. The van der Waals surface area contributed by atoms with Crippen LogP contribution in [0.3, 0.4) is 0 Å². The number of anilines is 1. The number of carbonyl (C=O) groups is 1. The van der Waals surface area contributed by atoms with E-state index >= 15 is 0 Å². The lowest BCUT2D eigenvalue weighted by Crippen LogP contribution is -2.52. The van der Waals surface area contributed by atoms with E-state index in [0.717, 1.165) is 95.4 Å². The zero-order valence-electron chi connectivity index (χ0n) is 24.9. The van der Waals surface area contributed by atoms with E-state index in [1.165, 1.54) is 19.3 Å². The lowest BCUT2D eigenvalue weighted by molar-refractivity contribution is 0.103. The SMILES string of the molecule is C=NCc1ccc2c3c(n(C)c2c1)C(C)(C)c1cc(N2CCN(C4CCC4)CC2)c(OC(CC)CC)cc1C3=O. The molecule has 6 rings (SSSR count). The monoisotopic (exact) mass is 540 g/mol. The van der Waals surface area contributed by atoms with Gasteiger partial charge in [-0.2, -0.15) is 0 Å². The number of carbonyl (C=O) groups excluding carboxylic acids is 1. The molecule has 0 amide bonds. The fourth-order valence-corrected chi connectivity index (χ4v) is 7.26. The van der Waals surface area contributed by atoms with E-state index in [1.54, 1.807) is 0 Å². The van der Waals surface area contributed by atoms with Crippen LogP contribution in [0.15, 0.2) is 35.3 Å². The number of aromatic nitrogens is 1. The van der Waals surface area contributed by atoms with E-state index in [0.29, 0.717) is 6.54 Å². The highest BCUT2D eigenvalue weighted by Gasteiger charge is 2.42. The van der Waals surface area contributed by atoms with Crippen molar-refractivity contribution in [1.82, 2.24) is 9.47 Å². The predicted molar refractivity (Wildman–Crippen MR) is 165 cm³/mol. The number of ether oxygens (including phenoxy) is 1. The van der Waals surface area contributed by atoms with Gasteiger partial charge in [0.2, 0.25) is 0 Å². The average molecular weight is 541 g/mol. The third-order valence-electron chi connectivity index (χ3n) is 9.85. The fraction of sp³-hybridized carbons (Fsp3) is 0.529. The summed E-state index contributed by atoms with van der Waals surface area (Å²) in [4.78, 5) is 23.6. The van der Waals surface area contributed by atoms with Gasteiger partial charge in [-0.25, -0.2) is 0 Å². The van der Waals surface area contributed by atoms with Gasteiger partial charge in [0.1, 0.15) is 5.75 Å². The number of benzene rings is 2. The molecule has 2 fully saturated rings. The quantitative estimate of drug-likeness (QED) is 0.307. The lowest BCUT2D eigenvalue weighted by Gasteiger charge is -2.44. The van der Waals surface area contributed by atoms with Crippen molar-refractivity contribution in [2.24, 2.45) is 12.0 Å². The second kappa shape index (κ2) is 10.4. The van der Waals surface area contributed by atoms with Gasteiger partial charge in [-0.1, -0.05) is 46.2 Å². The average Bonchev–Trinajstić information content (AvgIpc) is 3.22. The summed E-state index contributed by atoms with van der Waals surface area (Å²) in [7, 11) is 2.09. The first-order chi connectivity index (χ1) is 19.3. The smallest absolute Gasteiger partial charge is 0.195 e. The van der Waals surface area contributed by atoms with Crippen molar-refractivity contribution in [3.8, 4) is 5.75 Å². The Labute approximate surface area is 239 Å². The standard InChI is InChI=1S/C34H44N4O2/c1-7-24(8-2)40-30-19-26-27(20-29(30)38-16-14-37(15-17-38)23-10-9-11-23)34(3,4)33-31(32(26)39)25-13-12-22(21-35-5)18-28(25)36(33)6/h12-13,18-20,23-24H,5,7-11,14-17,21H2,1-4,6H3. The van der Waals surface area contributed by atoms with Crippen LogP contribution in [0.25, 0.3) is 10.9 Å². The first kappa shape index (κ1) is 27.1. The highest BCUT2D eigenvalue weighted by atomic mass is 16.5. The van der Waals surface area contributed by atoms with Crippen LogP contribution in [0.2, 0.25) is 0 Å². The van der Waals surface area contributed by atoms with Crippen LogP contribution in [0, 0.1) is 0 Å². The van der Waals surface area contributed by atoms with E-state index in [9.17, 15) is 4.79 Å². The van der Waals surface area contributed by atoms with Crippen molar-refractivity contribution in [2.75, 3.05) is 31.1 Å². The van der Waals surface area contributed by atoms with E-state index < -0.39 is 0 Å². The minimum atomic E-state index is -0.348. The Morgan fingerprint density at radius 3 is 2.42 bits per heavy atom. The number of aryl methyl sites for hydroxylation is 1. The van der Waals surface area contributed by atoms with E-state index in [-0.39, 0.29) is 17.3 Å². The number of aliphatic imine (C=N–C) groups is 1. The molecule has 212 valence electrons. The number of ketones is 1. The predicted octanol–water partition coefficient (Wildman–Crippen LogP) is 6.49. The molecule has 1 saturated heterocycles. The maximum Gasteiger partial charge on any atom is 0.195 e. The minimum absolute atomic E-state index is 0.0975. The highest BCUT2D eigenvalue weighted by Crippen LogP contribution is 2.48. The summed E-state index contributed by atoms with van der Waals surface area (Å²) in [5.41, 5.74) is 6.74. The third kappa shape index (κ3) is 4.27. The second-order valence-corrected chi connectivity index (χ2v) is 12.5. The molecule has 2 aliphatic carbocycles.